The summed E-state index contributed by atoms with van der Waals surface area (Å²) in [4.78, 5) is 0. The predicted molar refractivity (Wildman–Crippen MR) is 128 cm³/mol. The van der Waals surface area contributed by atoms with Crippen LogP contribution in [0.3, 0.4) is 0 Å². The molecule has 0 bridgehead atoms. The number of benzene rings is 3. The second-order valence-electron chi connectivity index (χ2n) is 6.98. The lowest BCUT2D eigenvalue weighted by Crippen LogP contribution is -2.05. The van der Waals surface area contributed by atoms with Crippen molar-refractivity contribution in [1.82, 2.24) is 0 Å². The van der Waals surface area contributed by atoms with Gasteiger partial charge >= 0.3 is 0 Å². The van der Waals surface area contributed by atoms with Gasteiger partial charge in [-0.25, -0.2) is 0 Å². The monoisotopic (exact) mass is 382 g/mol. The molecule has 3 aromatic rings. The van der Waals surface area contributed by atoms with Gasteiger partial charge in [-0.3, -0.25) is 0 Å². The molecule has 0 aromatic heterocycles. The van der Waals surface area contributed by atoms with Crippen molar-refractivity contribution in [3.8, 4) is 0 Å². The molecular weight excluding hydrogens is 352 g/mol. The van der Waals surface area contributed by atoms with Gasteiger partial charge < -0.3 is 11.1 Å². The summed E-state index contributed by atoms with van der Waals surface area (Å²) in [5.41, 5.74) is 15.5. The molecule has 29 heavy (non-hydrogen) atoms. The fourth-order valence-electron chi connectivity index (χ4n) is 3.76. The van der Waals surface area contributed by atoms with Gasteiger partial charge in [0.15, 0.2) is 0 Å². The molecular formula is C27H30N2. The second-order valence-corrected chi connectivity index (χ2v) is 6.98. The van der Waals surface area contributed by atoms with E-state index < -0.39 is 0 Å². The van der Waals surface area contributed by atoms with Crippen LogP contribution in [0.4, 0.5) is 11.4 Å². The van der Waals surface area contributed by atoms with Gasteiger partial charge in [-0.1, -0.05) is 98.8 Å². The minimum atomic E-state index is 0.784. The molecule has 0 fully saturated rings. The minimum Gasteiger partial charge on any atom is -0.397 e. The lowest BCUT2D eigenvalue weighted by Gasteiger charge is -2.20. The maximum Gasteiger partial charge on any atom is 0.0657 e. The average molecular weight is 383 g/mol. The Bertz CT molecular complexity index is 999. The summed E-state index contributed by atoms with van der Waals surface area (Å²) in [6.07, 6.45) is 6.43. The van der Waals surface area contributed by atoms with Gasteiger partial charge in [0, 0.05) is 18.2 Å². The van der Waals surface area contributed by atoms with E-state index in [1.807, 2.05) is 19.2 Å². The number of rotatable bonds is 7. The molecule has 148 valence electrons. The third-order valence-corrected chi connectivity index (χ3v) is 5.06. The van der Waals surface area contributed by atoms with Crippen molar-refractivity contribution in [2.24, 2.45) is 0 Å². The largest absolute Gasteiger partial charge is 0.397 e. The van der Waals surface area contributed by atoms with Crippen LogP contribution in [0.5, 0.6) is 0 Å². The molecule has 0 saturated heterocycles. The molecule has 3 rings (SSSR count). The van der Waals surface area contributed by atoms with Gasteiger partial charge in [0.1, 0.15) is 0 Å². The smallest absolute Gasteiger partial charge is 0.0657 e. The number of anilines is 2. The van der Waals surface area contributed by atoms with Crippen LogP contribution in [-0.2, 0) is 0 Å². The quantitative estimate of drug-likeness (QED) is 0.432. The fourth-order valence-corrected chi connectivity index (χ4v) is 3.76. The number of allylic oxidation sites excluding steroid dienone is 2. The summed E-state index contributed by atoms with van der Waals surface area (Å²) in [5.74, 6) is 0. The van der Waals surface area contributed by atoms with E-state index in [1.54, 1.807) is 0 Å². The zero-order valence-corrected chi connectivity index (χ0v) is 17.6. The molecule has 3 aromatic carbocycles. The lowest BCUT2D eigenvalue weighted by atomic mass is 9.89. The van der Waals surface area contributed by atoms with Gasteiger partial charge in [0.25, 0.3) is 0 Å². The van der Waals surface area contributed by atoms with E-state index in [1.165, 1.54) is 22.3 Å². The van der Waals surface area contributed by atoms with Gasteiger partial charge in [0.05, 0.1) is 11.4 Å². The second kappa shape index (κ2) is 9.79. The van der Waals surface area contributed by atoms with Crippen molar-refractivity contribution in [3.05, 3.63) is 107 Å². The molecule has 0 saturated carbocycles. The van der Waals surface area contributed by atoms with E-state index in [0.29, 0.717) is 0 Å². The third-order valence-electron chi connectivity index (χ3n) is 5.06. The molecule has 0 aliphatic heterocycles. The van der Waals surface area contributed by atoms with Crippen LogP contribution in [0, 0.1) is 0 Å². The zero-order valence-electron chi connectivity index (χ0n) is 17.6. The molecule has 0 aliphatic carbocycles. The van der Waals surface area contributed by atoms with E-state index in [-0.39, 0.29) is 0 Å². The lowest BCUT2D eigenvalue weighted by molar-refractivity contribution is 1.22. The Morgan fingerprint density at radius 1 is 0.724 bits per heavy atom. The maximum absolute atomic E-state index is 6.74. The molecule has 2 heteroatoms. The van der Waals surface area contributed by atoms with Gasteiger partial charge in [-0.2, -0.15) is 0 Å². The number of hydrogen-bond donors (Lipinski definition) is 2. The van der Waals surface area contributed by atoms with Crippen LogP contribution >= 0.6 is 0 Å². The Kier molecular flexibility index (Phi) is 6.91. The molecule has 2 nitrogen and oxygen atoms in total. The highest BCUT2D eigenvalue weighted by molar-refractivity contribution is 5.97. The topological polar surface area (TPSA) is 38.0 Å². The number of nitrogen functional groups attached to an aromatic ring is 1. The summed E-state index contributed by atoms with van der Waals surface area (Å²) in [6.45, 7) is 4.32. The highest BCUT2D eigenvalue weighted by atomic mass is 14.9. The van der Waals surface area contributed by atoms with E-state index in [0.717, 1.165) is 35.3 Å². The summed E-state index contributed by atoms with van der Waals surface area (Å²) >= 11 is 0. The number of nitrogens with one attached hydrogen (secondary N) is 1. The van der Waals surface area contributed by atoms with Gasteiger partial charge in [-0.05, 0) is 35.1 Å². The normalized spacial score (nSPS) is 12.1. The van der Waals surface area contributed by atoms with E-state index >= 15 is 0 Å². The first kappa shape index (κ1) is 20.5. The van der Waals surface area contributed by atoms with Gasteiger partial charge in [-0.15, -0.1) is 0 Å². The standard InChI is InChI=1S/C27H30N2/c1-4-12-22(20-14-8-6-9-15-20)24-18-19-25(27(29-3)26(24)28)23(13-5-2)21-16-10-7-11-17-21/h6-19,29H,4-5,28H2,1-3H3/b22-12-,23-13-. The summed E-state index contributed by atoms with van der Waals surface area (Å²) in [7, 11) is 1.94. The predicted octanol–water partition coefficient (Wildman–Crippen LogP) is 6.99. The van der Waals surface area contributed by atoms with E-state index in [9.17, 15) is 0 Å². The van der Waals surface area contributed by atoms with Crippen molar-refractivity contribution in [1.29, 1.82) is 0 Å². The molecule has 0 spiro atoms. The summed E-state index contributed by atoms with van der Waals surface area (Å²) in [5, 5.41) is 3.37. The van der Waals surface area contributed by atoms with Crippen molar-refractivity contribution >= 4 is 22.5 Å². The van der Waals surface area contributed by atoms with Crippen molar-refractivity contribution < 1.29 is 0 Å². The number of nitrogens with two attached hydrogens (primary N) is 1. The first-order chi connectivity index (χ1) is 14.2. The van der Waals surface area contributed by atoms with E-state index in [2.05, 4.69) is 92.0 Å². The molecule has 0 radical (unpaired) electrons. The SMILES string of the molecule is CC/C=C(/c1ccccc1)c1ccc(/C(=C\CC)c2ccccc2)c(NC)c1N. The van der Waals surface area contributed by atoms with Crippen LogP contribution in [0.2, 0.25) is 0 Å². The highest BCUT2D eigenvalue weighted by Crippen LogP contribution is 2.39. The Morgan fingerprint density at radius 3 is 1.62 bits per heavy atom. The van der Waals surface area contributed by atoms with Crippen LogP contribution in [0.1, 0.15) is 48.9 Å². The Balaban J connectivity index is 2.18. The Morgan fingerprint density at radius 2 is 1.17 bits per heavy atom. The highest BCUT2D eigenvalue weighted by Gasteiger charge is 2.17. The molecule has 3 N–H and O–H groups in total. The molecule has 0 atom stereocenters. The third kappa shape index (κ3) is 4.43. The Hall–Kier alpha value is -3.26. The van der Waals surface area contributed by atoms with Crippen LogP contribution in [0.25, 0.3) is 11.1 Å². The number of hydrogen-bond acceptors (Lipinski definition) is 2. The maximum atomic E-state index is 6.74. The molecule has 0 aliphatic rings. The summed E-state index contributed by atoms with van der Waals surface area (Å²) in [6, 6.07) is 25.3. The molecule has 0 unspecified atom stereocenters. The van der Waals surface area contributed by atoms with Crippen LogP contribution in [0.15, 0.2) is 84.9 Å². The first-order valence-electron chi connectivity index (χ1n) is 10.3. The minimum absolute atomic E-state index is 0.784. The van der Waals surface area contributed by atoms with E-state index in [4.69, 9.17) is 5.73 Å². The van der Waals surface area contributed by atoms with Gasteiger partial charge in [0.2, 0.25) is 0 Å². The van der Waals surface area contributed by atoms with Crippen molar-refractivity contribution in [2.75, 3.05) is 18.1 Å². The first-order valence-corrected chi connectivity index (χ1v) is 10.3. The van der Waals surface area contributed by atoms with Crippen molar-refractivity contribution in [2.45, 2.75) is 26.7 Å². The Labute approximate surface area is 174 Å². The molecule has 0 amide bonds. The fraction of sp³-hybridized carbons (Fsp3) is 0.185. The average Bonchev–Trinajstić information content (AvgIpc) is 2.77. The van der Waals surface area contributed by atoms with Crippen molar-refractivity contribution in [3.63, 3.8) is 0 Å². The molecule has 0 heterocycles. The summed E-state index contributed by atoms with van der Waals surface area (Å²) < 4.78 is 0. The zero-order chi connectivity index (χ0) is 20.6. The van der Waals surface area contributed by atoms with Crippen LogP contribution < -0.4 is 11.1 Å². The van der Waals surface area contributed by atoms with Crippen LogP contribution in [-0.4, -0.2) is 7.05 Å².